The Labute approximate surface area is 190 Å². The van der Waals surface area contributed by atoms with Gasteiger partial charge < -0.3 is 14.9 Å². The van der Waals surface area contributed by atoms with E-state index in [1.54, 1.807) is 0 Å². The van der Waals surface area contributed by atoms with E-state index in [-0.39, 0.29) is 19.0 Å². The highest BCUT2D eigenvalue weighted by molar-refractivity contribution is 5.96. The molecule has 3 aromatic rings. The molecule has 0 aromatic heterocycles. The summed E-state index contributed by atoms with van der Waals surface area (Å²) in [5, 5.41) is 18.9. The summed E-state index contributed by atoms with van der Waals surface area (Å²) in [4.78, 5) is 12.2. The fourth-order valence-corrected chi connectivity index (χ4v) is 3.97. The molecule has 0 saturated carbocycles. The third-order valence-electron chi connectivity index (χ3n) is 5.90. The van der Waals surface area contributed by atoms with Gasteiger partial charge in [-0.05, 0) is 76.1 Å². The summed E-state index contributed by atoms with van der Waals surface area (Å²) in [6.45, 7) is 6.29. The molecule has 0 atom stereocenters. The van der Waals surface area contributed by atoms with Crippen LogP contribution < -0.4 is 4.74 Å². The molecule has 0 amide bonds. The van der Waals surface area contributed by atoms with Crippen molar-refractivity contribution in [2.45, 2.75) is 59.9 Å². The van der Waals surface area contributed by atoms with Crippen LogP contribution in [0.3, 0.4) is 0 Å². The molecule has 0 unspecified atom stereocenters. The Kier molecular flexibility index (Phi) is 8.20. The molecule has 2 N–H and O–H groups in total. The number of carbonyl (C=O) groups excluding carboxylic acids is 1. The number of aryl methyl sites for hydroxylation is 2. The van der Waals surface area contributed by atoms with E-state index in [1.165, 1.54) is 5.56 Å². The molecule has 0 radical (unpaired) electrons. The second-order valence-electron chi connectivity index (χ2n) is 7.88. The van der Waals surface area contributed by atoms with Gasteiger partial charge in [-0.3, -0.25) is 4.79 Å². The zero-order valence-electron chi connectivity index (χ0n) is 19.1. The van der Waals surface area contributed by atoms with Gasteiger partial charge in [0.15, 0.2) is 5.78 Å². The highest BCUT2D eigenvalue weighted by atomic mass is 16.5. The number of hydrogen-bond acceptors (Lipinski definition) is 4. The van der Waals surface area contributed by atoms with E-state index in [2.05, 4.69) is 32.0 Å². The number of carbonyl (C=O) groups is 1. The summed E-state index contributed by atoms with van der Waals surface area (Å²) in [5.74, 6) is 0.929. The second-order valence-corrected chi connectivity index (χ2v) is 7.88. The number of ether oxygens (including phenoxy) is 1. The quantitative estimate of drug-likeness (QED) is 0.407. The number of aliphatic hydroxyl groups excluding tert-OH is 2. The monoisotopic (exact) mass is 432 g/mol. The fraction of sp³-hybridized carbons (Fsp3) is 0.321. The molecule has 0 fully saturated rings. The van der Waals surface area contributed by atoms with E-state index in [1.807, 2.05) is 43.3 Å². The molecule has 4 nitrogen and oxygen atoms in total. The van der Waals surface area contributed by atoms with Crippen molar-refractivity contribution in [2.24, 2.45) is 0 Å². The lowest BCUT2D eigenvalue weighted by molar-refractivity contribution is 0.0988. The van der Waals surface area contributed by atoms with Crippen molar-refractivity contribution >= 4 is 5.78 Å². The van der Waals surface area contributed by atoms with Crippen LogP contribution in [0, 0.1) is 0 Å². The Morgan fingerprint density at radius 2 is 1.47 bits per heavy atom. The van der Waals surface area contributed by atoms with Gasteiger partial charge in [-0.25, -0.2) is 0 Å². The van der Waals surface area contributed by atoms with Gasteiger partial charge in [-0.2, -0.15) is 0 Å². The van der Waals surface area contributed by atoms with E-state index in [9.17, 15) is 15.0 Å². The first-order chi connectivity index (χ1) is 15.5. The first-order valence-electron chi connectivity index (χ1n) is 11.3. The normalized spacial score (nSPS) is 10.9. The molecule has 3 rings (SSSR count). The van der Waals surface area contributed by atoms with Crippen LogP contribution in [-0.2, 0) is 32.7 Å². The Balaban J connectivity index is 1.90. The topological polar surface area (TPSA) is 66.8 Å². The van der Waals surface area contributed by atoms with Gasteiger partial charge in [0.1, 0.15) is 12.4 Å². The molecule has 32 heavy (non-hydrogen) atoms. The number of hydrogen-bond donors (Lipinski definition) is 2. The number of aliphatic hydroxyl groups is 2. The van der Waals surface area contributed by atoms with Crippen molar-refractivity contribution in [3.63, 3.8) is 0 Å². The van der Waals surface area contributed by atoms with Gasteiger partial charge in [0.2, 0.25) is 0 Å². The maximum atomic E-state index is 12.2. The summed E-state index contributed by atoms with van der Waals surface area (Å²) < 4.78 is 6.08. The smallest absolute Gasteiger partial charge is 0.162 e. The van der Waals surface area contributed by atoms with E-state index in [0.717, 1.165) is 52.0 Å². The van der Waals surface area contributed by atoms with Gasteiger partial charge in [0, 0.05) is 12.0 Å². The lowest BCUT2D eigenvalue weighted by Crippen LogP contribution is -2.02. The summed E-state index contributed by atoms with van der Waals surface area (Å²) in [7, 11) is 0. The number of rotatable bonds is 10. The lowest BCUT2D eigenvalue weighted by atomic mass is 9.91. The molecule has 0 heterocycles. The number of ketones is 1. The summed E-state index contributed by atoms with van der Waals surface area (Å²) in [5.41, 5.74) is 7.79. The molecule has 0 aliphatic heterocycles. The zero-order valence-corrected chi connectivity index (χ0v) is 19.1. The van der Waals surface area contributed by atoms with Crippen molar-refractivity contribution in [3.8, 4) is 16.9 Å². The maximum Gasteiger partial charge on any atom is 0.162 e. The molecule has 0 spiro atoms. The third kappa shape index (κ3) is 5.26. The zero-order chi connectivity index (χ0) is 23.1. The number of Topliss-reactive ketones (excluding diaryl/α,β-unsaturated/α-hetero) is 1. The van der Waals surface area contributed by atoms with Crippen molar-refractivity contribution in [1.29, 1.82) is 0 Å². The molecular formula is C28H32O4. The van der Waals surface area contributed by atoms with Crippen molar-refractivity contribution in [3.05, 3.63) is 88.0 Å². The van der Waals surface area contributed by atoms with Gasteiger partial charge >= 0.3 is 0 Å². The highest BCUT2D eigenvalue weighted by Crippen LogP contribution is 2.32. The van der Waals surface area contributed by atoms with Crippen LogP contribution >= 0.6 is 0 Å². The SMILES string of the molecule is CCC(=O)c1ccc(-c2cc(OCc3ccc(CO)c(CO)c3)ccc2CC)c(CC)c1. The lowest BCUT2D eigenvalue weighted by Gasteiger charge is -2.16. The molecule has 3 aromatic carbocycles. The minimum Gasteiger partial charge on any atom is -0.489 e. The summed E-state index contributed by atoms with van der Waals surface area (Å²) in [6.07, 6.45) is 2.25. The minimum atomic E-state index is -0.116. The first-order valence-corrected chi connectivity index (χ1v) is 11.3. The van der Waals surface area contributed by atoms with E-state index < -0.39 is 0 Å². The largest absolute Gasteiger partial charge is 0.489 e. The molecule has 4 heteroatoms. The minimum absolute atomic E-state index is 0.0960. The van der Waals surface area contributed by atoms with Crippen LogP contribution in [0.25, 0.3) is 11.1 Å². The highest BCUT2D eigenvalue weighted by Gasteiger charge is 2.13. The predicted molar refractivity (Wildman–Crippen MR) is 128 cm³/mol. The van der Waals surface area contributed by atoms with Gasteiger partial charge in [0.05, 0.1) is 13.2 Å². The molecular weight excluding hydrogens is 400 g/mol. The molecule has 0 saturated heterocycles. The van der Waals surface area contributed by atoms with Crippen molar-refractivity contribution < 1.29 is 19.7 Å². The van der Waals surface area contributed by atoms with E-state index >= 15 is 0 Å². The number of benzene rings is 3. The average molecular weight is 433 g/mol. The standard InChI is InChI=1S/C28H32O4/c1-4-20-9-11-25(32-18-19-7-8-23(16-29)24(13-19)17-30)15-27(20)26-12-10-22(28(31)6-3)14-21(26)5-2/h7-15,29-30H,4-6,16-18H2,1-3H3. The first kappa shape index (κ1) is 23.7. The second kappa shape index (κ2) is 11.1. The Hall–Kier alpha value is -2.95. The van der Waals surface area contributed by atoms with Crippen LogP contribution in [-0.4, -0.2) is 16.0 Å². The molecule has 0 aliphatic rings. The molecule has 0 aliphatic carbocycles. The Bertz CT molecular complexity index is 1080. The van der Waals surface area contributed by atoms with Crippen molar-refractivity contribution in [1.82, 2.24) is 0 Å². The van der Waals surface area contributed by atoms with Crippen LogP contribution in [0.5, 0.6) is 5.75 Å². The predicted octanol–water partition coefficient (Wildman–Crippen LogP) is 5.63. The Morgan fingerprint density at radius 1 is 0.750 bits per heavy atom. The van der Waals surface area contributed by atoms with Crippen LogP contribution in [0.2, 0.25) is 0 Å². The van der Waals surface area contributed by atoms with Crippen molar-refractivity contribution in [2.75, 3.05) is 0 Å². The van der Waals surface area contributed by atoms with Crippen LogP contribution in [0.1, 0.15) is 65.4 Å². The Morgan fingerprint density at radius 3 is 2.12 bits per heavy atom. The van der Waals surface area contributed by atoms with Crippen LogP contribution in [0.15, 0.2) is 54.6 Å². The summed E-state index contributed by atoms with van der Waals surface area (Å²) >= 11 is 0. The maximum absolute atomic E-state index is 12.2. The van der Waals surface area contributed by atoms with Gasteiger partial charge in [-0.1, -0.05) is 51.1 Å². The van der Waals surface area contributed by atoms with Crippen LogP contribution in [0.4, 0.5) is 0 Å². The average Bonchev–Trinajstić information content (AvgIpc) is 2.86. The molecule has 0 bridgehead atoms. The van der Waals surface area contributed by atoms with Gasteiger partial charge in [0.25, 0.3) is 0 Å². The third-order valence-corrected chi connectivity index (χ3v) is 5.90. The summed E-state index contributed by atoms with van der Waals surface area (Å²) in [6, 6.07) is 17.8. The molecule has 168 valence electrons. The van der Waals surface area contributed by atoms with E-state index in [0.29, 0.717) is 18.6 Å². The van der Waals surface area contributed by atoms with E-state index in [4.69, 9.17) is 4.74 Å². The van der Waals surface area contributed by atoms with Gasteiger partial charge in [-0.15, -0.1) is 0 Å². The fourth-order valence-electron chi connectivity index (χ4n) is 3.97.